The molecule has 1 fully saturated rings. The van der Waals surface area contributed by atoms with E-state index in [9.17, 15) is 14.9 Å². The summed E-state index contributed by atoms with van der Waals surface area (Å²) < 4.78 is 0. The summed E-state index contributed by atoms with van der Waals surface area (Å²) in [5, 5.41) is 14.9. The molecule has 0 aromatic heterocycles. The molecule has 6 nitrogen and oxygen atoms in total. The predicted octanol–water partition coefficient (Wildman–Crippen LogP) is 5.11. The van der Waals surface area contributed by atoms with E-state index in [1.165, 1.54) is 25.5 Å². The van der Waals surface area contributed by atoms with Crippen LogP contribution in [0.3, 0.4) is 0 Å². The quantitative estimate of drug-likeness (QED) is 0.319. The van der Waals surface area contributed by atoms with E-state index in [2.05, 4.69) is 5.16 Å². The molecular formula is C21H22N2O4. The van der Waals surface area contributed by atoms with E-state index in [1.54, 1.807) is 12.1 Å². The van der Waals surface area contributed by atoms with Crippen molar-refractivity contribution in [3.8, 4) is 11.1 Å². The van der Waals surface area contributed by atoms with Crippen LogP contribution in [0.5, 0.6) is 0 Å². The van der Waals surface area contributed by atoms with Crippen LogP contribution in [-0.4, -0.2) is 16.6 Å². The van der Waals surface area contributed by atoms with Crippen LogP contribution in [0.1, 0.15) is 44.6 Å². The number of oxime groups is 1. The van der Waals surface area contributed by atoms with Gasteiger partial charge in [-0.1, -0.05) is 48.7 Å². The zero-order valence-electron chi connectivity index (χ0n) is 15.3. The van der Waals surface area contributed by atoms with Crippen molar-refractivity contribution in [2.24, 2.45) is 11.1 Å². The Morgan fingerprint density at radius 2 is 1.56 bits per heavy atom. The first-order valence-electron chi connectivity index (χ1n) is 9.15. The van der Waals surface area contributed by atoms with Gasteiger partial charge >= 0.3 is 5.97 Å². The molecule has 0 radical (unpaired) electrons. The normalized spacial score (nSPS) is 15.4. The first kappa shape index (κ1) is 18.8. The Morgan fingerprint density at radius 1 is 1.00 bits per heavy atom. The molecule has 140 valence electrons. The maximum atomic E-state index is 11.2. The molecule has 0 aliphatic heterocycles. The number of nitro groups is 1. The summed E-state index contributed by atoms with van der Waals surface area (Å²) in [6.45, 7) is 1.35. The third kappa shape index (κ3) is 4.78. The second kappa shape index (κ2) is 8.58. The molecule has 0 heterocycles. The van der Waals surface area contributed by atoms with Crippen molar-refractivity contribution in [1.82, 2.24) is 0 Å². The van der Waals surface area contributed by atoms with Crippen LogP contribution in [-0.2, 0) is 9.63 Å². The molecule has 1 saturated carbocycles. The number of nitro benzene ring substituents is 1. The van der Waals surface area contributed by atoms with Crippen molar-refractivity contribution >= 4 is 17.4 Å². The van der Waals surface area contributed by atoms with Crippen molar-refractivity contribution in [2.45, 2.75) is 39.0 Å². The van der Waals surface area contributed by atoms with Crippen LogP contribution in [0.4, 0.5) is 5.69 Å². The van der Waals surface area contributed by atoms with Crippen molar-refractivity contribution in [3.05, 3.63) is 64.2 Å². The van der Waals surface area contributed by atoms with Crippen molar-refractivity contribution in [2.75, 3.05) is 0 Å². The predicted molar refractivity (Wildman–Crippen MR) is 103 cm³/mol. The number of carbonyl (C=O) groups is 1. The Kier molecular flexibility index (Phi) is 5.96. The molecule has 0 bridgehead atoms. The Morgan fingerprint density at radius 3 is 2.07 bits per heavy atom. The van der Waals surface area contributed by atoms with E-state index < -0.39 is 10.9 Å². The summed E-state index contributed by atoms with van der Waals surface area (Å²) in [7, 11) is 0. The third-order valence-electron chi connectivity index (χ3n) is 4.86. The van der Waals surface area contributed by atoms with Crippen LogP contribution in [0.15, 0.2) is 53.7 Å². The average molecular weight is 366 g/mol. The molecule has 0 amide bonds. The second-order valence-corrected chi connectivity index (χ2v) is 6.78. The molecule has 2 aromatic rings. The van der Waals surface area contributed by atoms with Crippen LogP contribution in [0.25, 0.3) is 11.1 Å². The van der Waals surface area contributed by atoms with Crippen LogP contribution < -0.4 is 0 Å². The van der Waals surface area contributed by atoms with E-state index in [0.717, 1.165) is 48.1 Å². The van der Waals surface area contributed by atoms with E-state index >= 15 is 0 Å². The Labute approximate surface area is 158 Å². The number of carbonyl (C=O) groups excluding carboxylic acids is 1. The molecule has 0 spiro atoms. The fourth-order valence-corrected chi connectivity index (χ4v) is 3.46. The molecule has 1 aliphatic rings. The van der Waals surface area contributed by atoms with E-state index in [0.29, 0.717) is 5.92 Å². The largest absolute Gasteiger partial charge is 0.331 e. The van der Waals surface area contributed by atoms with Gasteiger partial charge in [-0.05, 0) is 41.7 Å². The summed E-state index contributed by atoms with van der Waals surface area (Å²) in [5.41, 5.74) is 3.70. The Bertz CT molecular complexity index is 835. The zero-order chi connectivity index (χ0) is 19.2. The Balaban J connectivity index is 1.84. The molecule has 2 aromatic carbocycles. The summed E-state index contributed by atoms with van der Waals surface area (Å²) in [5.74, 6) is -0.130. The molecule has 3 rings (SSSR count). The molecule has 0 unspecified atom stereocenters. The molecule has 6 heteroatoms. The monoisotopic (exact) mass is 366 g/mol. The van der Waals surface area contributed by atoms with Gasteiger partial charge in [0.15, 0.2) is 0 Å². The van der Waals surface area contributed by atoms with Gasteiger partial charge in [0.25, 0.3) is 5.69 Å². The van der Waals surface area contributed by atoms with Gasteiger partial charge in [0.1, 0.15) is 0 Å². The van der Waals surface area contributed by atoms with Gasteiger partial charge in [-0.3, -0.25) is 10.1 Å². The number of benzene rings is 2. The third-order valence-corrected chi connectivity index (χ3v) is 4.86. The van der Waals surface area contributed by atoms with Gasteiger partial charge < -0.3 is 4.84 Å². The molecule has 27 heavy (non-hydrogen) atoms. The number of non-ortho nitro benzene ring substituents is 1. The second-order valence-electron chi connectivity index (χ2n) is 6.78. The highest BCUT2D eigenvalue weighted by Crippen LogP contribution is 2.29. The fourth-order valence-electron chi connectivity index (χ4n) is 3.46. The van der Waals surface area contributed by atoms with Gasteiger partial charge in [-0.2, -0.15) is 0 Å². The number of hydrogen-bond donors (Lipinski definition) is 0. The average Bonchev–Trinajstić information content (AvgIpc) is 2.69. The summed E-state index contributed by atoms with van der Waals surface area (Å²) in [6, 6.07) is 14.3. The highest BCUT2D eigenvalue weighted by atomic mass is 16.7. The van der Waals surface area contributed by atoms with Crippen molar-refractivity contribution < 1.29 is 14.6 Å². The lowest BCUT2D eigenvalue weighted by molar-refractivity contribution is -0.384. The zero-order valence-corrected chi connectivity index (χ0v) is 15.3. The van der Waals surface area contributed by atoms with Gasteiger partial charge in [0.05, 0.1) is 10.6 Å². The minimum Gasteiger partial charge on any atom is -0.318 e. The number of rotatable bonds is 5. The topological polar surface area (TPSA) is 81.8 Å². The minimum absolute atomic E-state index is 0.0727. The SMILES string of the molecule is CC(=O)O/N=C(/c1ccc(-c2ccc([N+](=O)[O-])cc2)cc1)C1CCCCC1. The van der Waals surface area contributed by atoms with Crippen LogP contribution in [0.2, 0.25) is 0 Å². The molecule has 0 N–H and O–H groups in total. The fraction of sp³-hybridized carbons (Fsp3) is 0.333. The van der Waals surface area contributed by atoms with Crippen molar-refractivity contribution in [1.29, 1.82) is 0 Å². The summed E-state index contributed by atoms with van der Waals surface area (Å²) in [6.07, 6.45) is 5.64. The lowest BCUT2D eigenvalue weighted by atomic mass is 9.83. The summed E-state index contributed by atoms with van der Waals surface area (Å²) >= 11 is 0. The molecule has 1 aliphatic carbocycles. The highest BCUT2D eigenvalue weighted by molar-refractivity contribution is 6.02. The van der Waals surface area contributed by atoms with Gasteiger partial charge in [-0.15, -0.1) is 0 Å². The minimum atomic E-state index is -0.425. The Hall–Kier alpha value is -3.02. The van der Waals surface area contributed by atoms with Gasteiger partial charge in [-0.25, -0.2) is 4.79 Å². The maximum Gasteiger partial charge on any atom is 0.331 e. The summed E-state index contributed by atoms with van der Waals surface area (Å²) in [4.78, 5) is 26.5. The smallest absolute Gasteiger partial charge is 0.318 e. The first-order valence-corrected chi connectivity index (χ1v) is 9.15. The molecular weight excluding hydrogens is 344 g/mol. The first-order chi connectivity index (χ1) is 13.0. The van der Waals surface area contributed by atoms with E-state index in [4.69, 9.17) is 4.84 Å². The highest BCUT2D eigenvalue weighted by Gasteiger charge is 2.22. The lowest BCUT2D eigenvalue weighted by Crippen LogP contribution is -2.19. The standard InChI is InChI=1S/C21H22N2O4/c1-15(24)27-22-21(18-5-3-2-4-6-18)19-9-7-16(8-10-19)17-11-13-20(14-12-17)23(25)26/h7-14,18H,2-6H2,1H3/b22-21+. The van der Waals surface area contributed by atoms with E-state index in [1.807, 2.05) is 24.3 Å². The number of nitrogens with zero attached hydrogens (tertiary/aromatic N) is 2. The van der Waals surface area contributed by atoms with Crippen LogP contribution >= 0.6 is 0 Å². The van der Waals surface area contributed by atoms with Gasteiger partial charge in [0.2, 0.25) is 0 Å². The maximum absolute atomic E-state index is 11.2. The van der Waals surface area contributed by atoms with Gasteiger partial charge in [0, 0.05) is 25.0 Å². The number of hydrogen-bond acceptors (Lipinski definition) is 5. The lowest BCUT2D eigenvalue weighted by Gasteiger charge is -2.23. The van der Waals surface area contributed by atoms with Crippen LogP contribution in [0, 0.1) is 16.0 Å². The molecule has 0 saturated heterocycles. The van der Waals surface area contributed by atoms with Crippen molar-refractivity contribution in [3.63, 3.8) is 0 Å². The van der Waals surface area contributed by atoms with E-state index in [-0.39, 0.29) is 5.69 Å². The molecule has 0 atom stereocenters.